The number of esters is 1. The molecule has 0 saturated carbocycles. The minimum Gasteiger partial charge on any atom is -0.465 e. The highest BCUT2D eigenvalue weighted by Crippen LogP contribution is 2.22. The van der Waals surface area contributed by atoms with Crippen molar-refractivity contribution in [2.75, 3.05) is 12.4 Å². The summed E-state index contributed by atoms with van der Waals surface area (Å²) >= 11 is 0. The molecule has 9 nitrogen and oxygen atoms in total. The van der Waals surface area contributed by atoms with Crippen molar-refractivity contribution in [3.63, 3.8) is 0 Å². The Bertz CT molecular complexity index is 1180. The molecule has 28 heavy (non-hydrogen) atoms. The van der Waals surface area contributed by atoms with Gasteiger partial charge in [0.2, 0.25) is 0 Å². The lowest BCUT2D eigenvalue weighted by molar-refractivity contribution is -0.384. The number of carbonyl (C=O) groups excluding carboxylic acids is 2. The first-order chi connectivity index (χ1) is 13.3. The van der Waals surface area contributed by atoms with E-state index in [0.29, 0.717) is 11.3 Å². The second kappa shape index (κ2) is 7.31. The Balaban J connectivity index is 1.99. The molecule has 0 aliphatic heterocycles. The Labute approximate surface area is 157 Å². The summed E-state index contributed by atoms with van der Waals surface area (Å²) < 4.78 is 9.73. The highest BCUT2D eigenvalue weighted by Gasteiger charge is 2.17. The molecule has 3 aromatic rings. The highest BCUT2D eigenvalue weighted by molar-refractivity contribution is 6.06. The zero-order valence-electron chi connectivity index (χ0n) is 14.8. The molecule has 0 spiro atoms. The van der Waals surface area contributed by atoms with Crippen molar-refractivity contribution >= 4 is 34.2 Å². The Morgan fingerprint density at radius 1 is 1.14 bits per heavy atom. The summed E-state index contributed by atoms with van der Waals surface area (Å²) in [5, 5.41) is 13.7. The Morgan fingerprint density at radius 2 is 1.89 bits per heavy atom. The van der Waals surface area contributed by atoms with Gasteiger partial charge in [-0.15, -0.1) is 0 Å². The molecule has 9 heteroatoms. The summed E-state index contributed by atoms with van der Waals surface area (Å²) in [5.41, 5.74) is -0.0975. The van der Waals surface area contributed by atoms with Gasteiger partial charge < -0.3 is 14.5 Å². The maximum Gasteiger partial charge on any atom is 0.349 e. The number of aryl methyl sites for hydroxylation is 1. The number of carbonyl (C=O) groups is 2. The molecule has 142 valence electrons. The topological polar surface area (TPSA) is 129 Å². The van der Waals surface area contributed by atoms with E-state index in [9.17, 15) is 24.5 Å². The van der Waals surface area contributed by atoms with Gasteiger partial charge in [-0.3, -0.25) is 14.9 Å². The third-order valence-corrected chi connectivity index (χ3v) is 4.08. The first kappa shape index (κ1) is 18.8. The monoisotopic (exact) mass is 382 g/mol. The summed E-state index contributed by atoms with van der Waals surface area (Å²) in [6, 6.07) is 9.51. The van der Waals surface area contributed by atoms with Gasteiger partial charge in [-0.05, 0) is 36.8 Å². The van der Waals surface area contributed by atoms with Gasteiger partial charge in [-0.25, -0.2) is 9.59 Å². The van der Waals surface area contributed by atoms with Crippen molar-refractivity contribution in [3.05, 3.63) is 79.7 Å². The Hall–Kier alpha value is -4.01. The van der Waals surface area contributed by atoms with E-state index in [1.165, 1.54) is 37.4 Å². The van der Waals surface area contributed by atoms with Crippen LogP contribution in [-0.4, -0.2) is 23.9 Å². The van der Waals surface area contributed by atoms with Crippen molar-refractivity contribution in [1.29, 1.82) is 0 Å². The van der Waals surface area contributed by atoms with Crippen LogP contribution in [0.1, 0.15) is 26.3 Å². The van der Waals surface area contributed by atoms with Crippen molar-refractivity contribution < 1.29 is 23.7 Å². The van der Waals surface area contributed by atoms with Gasteiger partial charge in [0, 0.05) is 23.2 Å². The highest BCUT2D eigenvalue weighted by atomic mass is 16.6. The number of nitrogens with one attached hydrogen (secondary N) is 1. The molecule has 1 heterocycles. The molecule has 0 saturated heterocycles. The Morgan fingerprint density at radius 3 is 2.57 bits per heavy atom. The van der Waals surface area contributed by atoms with E-state index < -0.39 is 22.4 Å². The molecule has 0 unspecified atom stereocenters. The molecule has 0 bridgehead atoms. The molecule has 1 N–H and O–H groups in total. The minimum atomic E-state index is -0.888. The van der Waals surface area contributed by atoms with Gasteiger partial charge in [0.15, 0.2) is 0 Å². The van der Waals surface area contributed by atoms with Gasteiger partial charge in [0.1, 0.15) is 11.1 Å². The number of non-ortho nitro benzene ring substituents is 1. The van der Waals surface area contributed by atoms with Gasteiger partial charge in [-0.1, -0.05) is 6.07 Å². The van der Waals surface area contributed by atoms with E-state index in [-0.39, 0.29) is 27.8 Å². The summed E-state index contributed by atoms with van der Waals surface area (Å²) in [4.78, 5) is 46.7. The van der Waals surface area contributed by atoms with E-state index in [2.05, 4.69) is 10.1 Å². The molecule has 1 amide bonds. The van der Waals surface area contributed by atoms with Gasteiger partial charge in [0.05, 0.1) is 17.6 Å². The molecule has 0 fully saturated rings. The number of anilines is 1. The smallest absolute Gasteiger partial charge is 0.349 e. The molecule has 1 aromatic heterocycles. The zero-order chi connectivity index (χ0) is 20.4. The largest absolute Gasteiger partial charge is 0.465 e. The first-order valence-electron chi connectivity index (χ1n) is 8.03. The normalized spacial score (nSPS) is 10.5. The standard InChI is InChI=1S/C19H14N2O7/c1-10-3-4-11(18(23)27-2)9-15(10)20-17(22)14-8-12-7-13(21(25)26)5-6-16(12)28-19(14)24/h3-9H,1-2H3,(H,20,22). The quantitative estimate of drug-likeness (QED) is 0.318. The average Bonchev–Trinajstić information content (AvgIpc) is 2.67. The fourth-order valence-corrected chi connectivity index (χ4v) is 2.57. The van der Waals surface area contributed by atoms with Crippen LogP contribution in [0.4, 0.5) is 11.4 Å². The SMILES string of the molecule is COC(=O)c1ccc(C)c(NC(=O)c2cc3cc([N+](=O)[O-])ccc3oc2=O)c1. The second-order valence-corrected chi connectivity index (χ2v) is 5.90. The summed E-state index contributed by atoms with van der Waals surface area (Å²) in [7, 11) is 1.24. The molecular formula is C19H14N2O7. The number of rotatable bonds is 4. The van der Waals surface area contributed by atoms with Gasteiger partial charge in [0.25, 0.3) is 11.6 Å². The van der Waals surface area contributed by atoms with Crippen LogP contribution >= 0.6 is 0 Å². The summed E-state index contributed by atoms with van der Waals surface area (Å²) in [6.45, 7) is 1.71. The van der Waals surface area contributed by atoms with Crippen LogP contribution in [0.25, 0.3) is 11.0 Å². The number of nitro benzene ring substituents is 1. The summed E-state index contributed by atoms with van der Waals surface area (Å²) in [6.07, 6.45) is 0. The number of hydrogen-bond acceptors (Lipinski definition) is 7. The third-order valence-electron chi connectivity index (χ3n) is 4.08. The molecule has 3 rings (SSSR count). The van der Waals surface area contributed by atoms with Crippen LogP contribution in [0.15, 0.2) is 51.7 Å². The lowest BCUT2D eigenvalue weighted by Gasteiger charge is -2.10. The third kappa shape index (κ3) is 3.58. The van der Waals surface area contributed by atoms with Crippen molar-refractivity contribution in [2.24, 2.45) is 0 Å². The number of ether oxygens (including phenoxy) is 1. The van der Waals surface area contributed by atoms with Crippen LogP contribution in [0.5, 0.6) is 0 Å². The molecule has 2 aromatic carbocycles. The van der Waals surface area contributed by atoms with E-state index >= 15 is 0 Å². The molecule has 0 aliphatic rings. The second-order valence-electron chi connectivity index (χ2n) is 5.90. The maximum absolute atomic E-state index is 12.6. The average molecular weight is 382 g/mol. The fourth-order valence-electron chi connectivity index (χ4n) is 2.57. The number of amides is 1. The van der Waals surface area contributed by atoms with Gasteiger partial charge in [-0.2, -0.15) is 0 Å². The number of benzene rings is 2. The van der Waals surface area contributed by atoms with E-state index in [1.54, 1.807) is 19.1 Å². The molecule has 0 aliphatic carbocycles. The van der Waals surface area contributed by atoms with Gasteiger partial charge >= 0.3 is 11.6 Å². The molecule has 0 atom stereocenters. The molecule has 0 radical (unpaired) electrons. The zero-order valence-corrected chi connectivity index (χ0v) is 14.8. The van der Waals surface area contributed by atoms with E-state index in [1.807, 2.05) is 0 Å². The van der Waals surface area contributed by atoms with Crippen LogP contribution in [0.3, 0.4) is 0 Å². The predicted molar refractivity (Wildman–Crippen MR) is 99.6 cm³/mol. The minimum absolute atomic E-state index is 0.121. The number of fused-ring (bicyclic) bond motifs is 1. The maximum atomic E-state index is 12.6. The number of hydrogen-bond donors (Lipinski definition) is 1. The number of nitrogens with zero attached hydrogens (tertiary/aromatic N) is 1. The van der Waals surface area contributed by atoms with Crippen molar-refractivity contribution in [1.82, 2.24) is 0 Å². The van der Waals surface area contributed by atoms with E-state index in [4.69, 9.17) is 4.42 Å². The van der Waals surface area contributed by atoms with Crippen molar-refractivity contribution in [2.45, 2.75) is 6.92 Å². The van der Waals surface area contributed by atoms with Crippen LogP contribution < -0.4 is 10.9 Å². The van der Waals surface area contributed by atoms with Crippen LogP contribution in [0.2, 0.25) is 0 Å². The lowest BCUT2D eigenvalue weighted by atomic mass is 10.1. The van der Waals surface area contributed by atoms with Crippen LogP contribution in [-0.2, 0) is 4.74 Å². The number of methoxy groups -OCH3 is 1. The Kier molecular flexibility index (Phi) is 4.90. The summed E-state index contributed by atoms with van der Waals surface area (Å²) in [5.74, 6) is -1.35. The predicted octanol–water partition coefficient (Wildman–Crippen LogP) is 3.05. The number of nitro groups is 1. The first-order valence-corrected chi connectivity index (χ1v) is 8.03. The van der Waals surface area contributed by atoms with E-state index in [0.717, 1.165) is 0 Å². The fraction of sp³-hybridized carbons (Fsp3) is 0.105. The van der Waals surface area contributed by atoms with Crippen LogP contribution in [0, 0.1) is 17.0 Å². The lowest BCUT2D eigenvalue weighted by Crippen LogP contribution is -2.21. The molecular weight excluding hydrogens is 368 g/mol. The van der Waals surface area contributed by atoms with Crippen molar-refractivity contribution in [3.8, 4) is 0 Å².